The maximum atomic E-state index is 12.4. The number of ether oxygens (including phenoxy) is 2. The van der Waals surface area contributed by atoms with E-state index in [1.165, 1.54) is 4.90 Å². The highest BCUT2D eigenvalue weighted by Crippen LogP contribution is 2.38. The minimum Gasteiger partial charge on any atom is -0.499 e. The fraction of sp³-hybridized carbons (Fsp3) is 0.476. The molecule has 0 fully saturated rings. The fourth-order valence-electron chi connectivity index (χ4n) is 2.46. The van der Waals surface area contributed by atoms with Crippen LogP contribution in [0.3, 0.4) is 0 Å². The third-order valence-corrected chi connectivity index (χ3v) is 4.25. The summed E-state index contributed by atoms with van der Waals surface area (Å²) in [6, 6.07) is 3.85. The van der Waals surface area contributed by atoms with Gasteiger partial charge in [-0.05, 0) is 43.4 Å². The lowest BCUT2D eigenvalue weighted by atomic mass is 9.93. The molecule has 0 bridgehead atoms. The molecule has 0 aliphatic rings. The van der Waals surface area contributed by atoms with Gasteiger partial charge < -0.3 is 19.5 Å². The SMILES string of the molecule is CCN(CC)C(=O)/C(C#N)=C/c1cc(OC(=O)OCCC(C)(C)C)c(O)c([N+](=O)[O-])c1. The molecule has 0 spiro atoms. The maximum absolute atomic E-state index is 12.4. The minimum absolute atomic E-state index is 0.0269. The predicted molar refractivity (Wildman–Crippen MR) is 112 cm³/mol. The summed E-state index contributed by atoms with van der Waals surface area (Å²) in [6.07, 6.45) is 0.538. The van der Waals surface area contributed by atoms with Crippen molar-refractivity contribution in [3.63, 3.8) is 0 Å². The first-order valence-electron chi connectivity index (χ1n) is 9.70. The van der Waals surface area contributed by atoms with E-state index in [2.05, 4.69) is 0 Å². The van der Waals surface area contributed by atoms with E-state index in [0.29, 0.717) is 19.5 Å². The highest BCUT2D eigenvalue weighted by Gasteiger charge is 2.24. The number of rotatable bonds is 8. The van der Waals surface area contributed by atoms with Crippen molar-refractivity contribution in [2.75, 3.05) is 19.7 Å². The van der Waals surface area contributed by atoms with Crippen molar-refractivity contribution in [1.82, 2.24) is 4.90 Å². The zero-order valence-electron chi connectivity index (χ0n) is 18.3. The summed E-state index contributed by atoms with van der Waals surface area (Å²) in [5.41, 5.74) is -1.07. The lowest BCUT2D eigenvalue weighted by Gasteiger charge is -2.18. The third-order valence-electron chi connectivity index (χ3n) is 4.25. The number of phenolic OH excluding ortho intramolecular Hbond substituents is 1. The highest BCUT2D eigenvalue weighted by atomic mass is 16.7. The molecule has 1 N–H and O–H groups in total. The number of nitrogens with zero attached hydrogens (tertiary/aromatic N) is 3. The molecule has 0 saturated carbocycles. The van der Waals surface area contributed by atoms with E-state index in [0.717, 1.165) is 18.2 Å². The van der Waals surface area contributed by atoms with Gasteiger partial charge in [0.1, 0.15) is 11.6 Å². The molecule has 31 heavy (non-hydrogen) atoms. The zero-order chi connectivity index (χ0) is 23.8. The van der Waals surface area contributed by atoms with E-state index < -0.39 is 34.2 Å². The molecule has 10 heteroatoms. The summed E-state index contributed by atoms with van der Waals surface area (Å²) < 4.78 is 9.88. The molecule has 0 radical (unpaired) electrons. The molecule has 1 aromatic rings. The summed E-state index contributed by atoms with van der Waals surface area (Å²) in [5, 5.41) is 30.8. The molecule has 0 aliphatic carbocycles. The van der Waals surface area contributed by atoms with Gasteiger partial charge in [0.05, 0.1) is 11.5 Å². The molecule has 1 amide bonds. The summed E-state index contributed by atoms with van der Waals surface area (Å²) in [5.74, 6) is -1.94. The fourth-order valence-corrected chi connectivity index (χ4v) is 2.46. The minimum atomic E-state index is -1.14. The molecule has 168 valence electrons. The Kier molecular flexibility index (Phi) is 8.99. The maximum Gasteiger partial charge on any atom is 0.513 e. The normalized spacial score (nSPS) is 11.4. The van der Waals surface area contributed by atoms with Crippen LogP contribution < -0.4 is 4.74 Å². The Hall–Kier alpha value is -3.61. The summed E-state index contributed by atoms with van der Waals surface area (Å²) in [4.78, 5) is 36.2. The number of nitro groups is 1. The van der Waals surface area contributed by atoms with Crippen LogP contribution in [0.5, 0.6) is 11.5 Å². The first kappa shape index (κ1) is 25.4. The molecular formula is C21H27N3O7. The lowest BCUT2D eigenvalue weighted by Crippen LogP contribution is -2.31. The van der Waals surface area contributed by atoms with Crippen LogP contribution in [0.1, 0.15) is 46.6 Å². The van der Waals surface area contributed by atoms with Crippen molar-refractivity contribution in [1.29, 1.82) is 5.26 Å². The summed E-state index contributed by atoms with van der Waals surface area (Å²) in [7, 11) is 0. The Bertz CT molecular complexity index is 907. The van der Waals surface area contributed by atoms with Crippen molar-refractivity contribution in [3.05, 3.63) is 33.4 Å². The van der Waals surface area contributed by atoms with Crippen LogP contribution in [-0.2, 0) is 9.53 Å². The number of hydrogen-bond donors (Lipinski definition) is 1. The smallest absolute Gasteiger partial charge is 0.499 e. The lowest BCUT2D eigenvalue weighted by molar-refractivity contribution is -0.385. The van der Waals surface area contributed by atoms with E-state index in [9.17, 15) is 30.1 Å². The molecular weight excluding hydrogens is 406 g/mol. The van der Waals surface area contributed by atoms with Gasteiger partial charge >= 0.3 is 11.8 Å². The number of carbonyl (C=O) groups is 2. The molecule has 0 atom stereocenters. The number of benzene rings is 1. The Labute approximate surface area is 180 Å². The van der Waals surface area contributed by atoms with Crippen LogP contribution in [0.25, 0.3) is 6.08 Å². The molecule has 0 saturated heterocycles. The van der Waals surface area contributed by atoms with Crippen molar-refractivity contribution < 1.29 is 29.1 Å². The van der Waals surface area contributed by atoms with Crippen LogP contribution >= 0.6 is 0 Å². The standard InChI is InChI=1S/C21H27N3O7/c1-6-23(7-2)19(26)15(13-22)10-14-11-16(24(28)29)18(25)17(12-14)31-20(27)30-9-8-21(3,4)5/h10-12,25H,6-9H2,1-5H3/b15-10+. The van der Waals surface area contributed by atoms with Gasteiger partial charge in [0, 0.05) is 19.2 Å². The quantitative estimate of drug-likeness (QED) is 0.162. The highest BCUT2D eigenvalue weighted by molar-refractivity contribution is 6.01. The average molecular weight is 433 g/mol. The molecule has 1 rings (SSSR count). The second-order valence-corrected chi connectivity index (χ2v) is 7.80. The van der Waals surface area contributed by atoms with Crippen molar-refractivity contribution in [2.45, 2.75) is 41.0 Å². The van der Waals surface area contributed by atoms with Crippen LogP contribution in [-0.4, -0.2) is 46.7 Å². The van der Waals surface area contributed by atoms with Gasteiger partial charge in [-0.25, -0.2) is 4.79 Å². The van der Waals surface area contributed by atoms with Gasteiger partial charge in [-0.3, -0.25) is 14.9 Å². The number of hydrogen-bond acceptors (Lipinski definition) is 8. The van der Waals surface area contributed by atoms with Gasteiger partial charge in [-0.15, -0.1) is 0 Å². The van der Waals surface area contributed by atoms with Gasteiger partial charge in [0.2, 0.25) is 5.75 Å². The Morgan fingerprint density at radius 3 is 2.39 bits per heavy atom. The van der Waals surface area contributed by atoms with Gasteiger partial charge in [-0.1, -0.05) is 20.8 Å². The van der Waals surface area contributed by atoms with Crippen molar-refractivity contribution >= 4 is 23.8 Å². The second kappa shape index (κ2) is 11.0. The van der Waals surface area contributed by atoms with Crippen LogP contribution in [0.2, 0.25) is 0 Å². The first-order valence-corrected chi connectivity index (χ1v) is 9.70. The molecule has 0 unspecified atom stereocenters. The van der Waals surface area contributed by atoms with E-state index in [1.807, 2.05) is 20.8 Å². The molecule has 0 heterocycles. The van der Waals surface area contributed by atoms with E-state index >= 15 is 0 Å². The largest absolute Gasteiger partial charge is 0.513 e. The Morgan fingerprint density at radius 1 is 1.29 bits per heavy atom. The van der Waals surface area contributed by atoms with Gasteiger partial charge in [-0.2, -0.15) is 5.26 Å². The van der Waals surface area contributed by atoms with E-state index in [1.54, 1.807) is 19.9 Å². The van der Waals surface area contributed by atoms with Crippen LogP contribution in [0.4, 0.5) is 10.5 Å². The van der Waals surface area contributed by atoms with Crippen LogP contribution in [0, 0.1) is 26.9 Å². The average Bonchev–Trinajstić information content (AvgIpc) is 2.67. The molecule has 0 aliphatic heterocycles. The Morgan fingerprint density at radius 2 is 1.90 bits per heavy atom. The Balaban J connectivity index is 3.25. The van der Waals surface area contributed by atoms with Crippen molar-refractivity contribution in [3.8, 4) is 17.6 Å². The second-order valence-electron chi connectivity index (χ2n) is 7.80. The van der Waals surface area contributed by atoms with Gasteiger partial charge in [0.15, 0.2) is 5.75 Å². The first-order chi connectivity index (χ1) is 14.4. The van der Waals surface area contributed by atoms with Gasteiger partial charge in [0.25, 0.3) is 5.91 Å². The van der Waals surface area contributed by atoms with E-state index in [-0.39, 0.29) is 23.2 Å². The number of likely N-dealkylation sites (N-methyl/N-ethyl adjacent to an activating group) is 1. The van der Waals surface area contributed by atoms with E-state index in [4.69, 9.17) is 9.47 Å². The topological polar surface area (TPSA) is 143 Å². The van der Waals surface area contributed by atoms with Crippen molar-refractivity contribution in [2.24, 2.45) is 5.41 Å². The number of aromatic hydroxyl groups is 1. The molecule has 0 aromatic heterocycles. The number of nitro benzene ring substituents is 1. The summed E-state index contributed by atoms with van der Waals surface area (Å²) >= 11 is 0. The summed E-state index contributed by atoms with van der Waals surface area (Å²) in [6.45, 7) is 10.2. The molecule has 1 aromatic carbocycles. The monoisotopic (exact) mass is 433 g/mol. The number of nitriles is 1. The number of amides is 1. The molecule has 10 nitrogen and oxygen atoms in total. The number of carbonyl (C=O) groups excluding carboxylic acids is 2. The number of phenols is 1. The predicted octanol–water partition coefficient (Wildman–Crippen LogP) is 4.03. The zero-order valence-corrected chi connectivity index (χ0v) is 18.3. The third kappa shape index (κ3) is 7.62. The van der Waals surface area contributed by atoms with Crippen LogP contribution in [0.15, 0.2) is 17.7 Å².